The van der Waals surface area contributed by atoms with Crippen LogP contribution in [-0.2, 0) is 0 Å². The largest absolute Gasteiger partial charge is 0.490 e. The number of fused-ring (bicyclic) bond motifs is 1. The van der Waals surface area contributed by atoms with Crippen molar-refractivity contribution >= 4 is 43.5 Å². The topological polar surface area (TPSA) is 51.5 Å². The first kappa shape index (κ1) is 15.7. The molecular weight excluding hydrogens is 390 g/mol. The van der Waals surface area contributed by atoms with Crippen molar-refractivity contribution in [3.05, 3.63) is 45.9 Å². The van der Waals surface area contributed by atoms with Crippen LogP contribution in [0.2, 0.25) is 0 Å². The van der Waals surface area contributed by atoms with E-state index in [-0.39, 0.29) is 5.69 Å². The fraction of sp³-hybridized carbons (Fsp3) is 0.278. The highest BCUT2D eigenvalue weighted by Gasteiger charge is 2.19. The molecule has 0 amide bonds. The molecule has 1 fully saturated rings. The molecule has 0 spiro atoms. The normalized spacial score (nSPS) is 15.2. The Morgan fingerprint density at radius 2 is 1.92 bits per heavy atom. The molecule has 1 N–H and O–H groups in total. The smallest absolute Gasteiger partial charge is 0.352 e. The molecule has 1 aliphatic rings. The molecule has 0 saturated heterocycles. The van der Waals surface area contributed by atoms with E-state index >= 15 is 0 Å². The third kappa shape index (κ3) is 2.84. The van der Waals surface area contributed by atoms with Crippen molar-refractivity contribution < 1.29 is 14.6 Å². The Balaban J connectivity index is 1.71. The molecule has 24 heavy (non-hydrogen) atoms. The van der Waals surface area contributed by atoms with Gasteiger partial charge in [0.25, 0.3) is 0 Å². The summed E-state index contributed by atoms with van der Waals surface area (Å²) in [4.78, 5) is 11.6. The highest BCUT2D eigenvalue weighted by molar-refractivity contribution is 9.11. The summed E-state index contributed by atoms with van der Waals surface area (Å²) in [6, 6.07) is 11.4. The molecule has 4 rings (SSSR count). The number of carboxylic acid groups (broad SMARTS) is 1. The van der Waals surface area contributed by atoms with Gasteiger partial charge in [-0.2, -0.15) is 0 Å². The zero-order valence-electron chi connectivity index (χ0n) is 12.9. The highest BCUT2D eigenvalue weighted by atomic mass is 79.9. The number of aromatic nitrogens is 1. The molecule has 1 saturated carbocycles. The Morgan fingerprint density at radius 3 is 2.58 bits per heavy atom. The number of thiophene rings is 1. The maximum atomic E-state index is 11.6. The molecule has 3 aromatic rings. The van der Waals surface area contributed by atoms with Gasteiger partial charge >= 0.3 is 5.97 Å². The number of ether oxygens (including phenoxy) is 1. The number of benzene rings is 1. The number of aromatic carboxylic acids is 1. The van der Waals surface area contributed by atoms with Crippen LogP contribution in [0, 0.1) is 0 Å². The maximum Gasteiger partial charge on any atom is 0.352 e. The lowest BCUT2D eigenvalue weighted by Gasteiger charge is -2.14. The number of nitrogens with zero attached hydrogens (tertiary/aromatic N) is 1. The van der Waals surface area contributed by atoms with E-state index in [0.29, 0.717) is 6.10 Å². The van der Waals surface area contributed by atoms with Gasteiger partial charge in [0.15, 0.2) is 0 Å². The summed E-state index contributed by atoms with van der Waals surface area (Å²) in [6.07, 6.45) is 5.02. The maximum absolute atomic E-state index is 11.6. The van der Waals surface area contributed by atoms with Crippen molar-refractivity contribution in [1.82, 2.24) is 4.57 Å². The second-order valence-corrected chi connectivity index (χ2v) is 8.45. The van der Waals surface area contributed by atoms with Crippen LogP contribution in [0.25, 0.3) is 15.9 Å². The Hall–Kier alpha value is -1.79. The lowest BCUT2D eigenvalue weighted by atomic mass is 10.2. The quantitative estimate of drug-likeness (QED) is 0.625. The van der Waals surface area contributed by atoms with Crippen LogP contribution in [0.5, 0.6) is 5.75 Å². The molecule has 1 aliphatic carbocycles. The molecule has 1 aromatic carbocycles. The summed E-state index contributed by atoms with van der Waals surface area (Å²) >= 11 is 5.00. The lowest BCUT2D eigenvalue weighted by Crippen LogP contribution is -2.11. The van der Waals surface area contributed by atoms with E-state index in [1.807, 2.05) is 30.3 Å². The van der Waals surface area contributed by atoms with Gasteiger partial charge < -0.3 is 14.4 Å². The van der Waals surface area contributed by atoms with E-state index in [4.69, 9.17) is 4.74 Å². The molecule has 2 heterocycles. The van der Waals surface area contributed by atoms with Crippen molar-refractivity contribution in [2.45, 2.75) is 31.8 Å². The fourth-order valence-corrected chi connectivity index (χ4v) is 4.82. The van der Waals surface area contributed by atoms with Crippen molar-refractivity contribution in [1.29, 1.82) is 0 Å². The van der Waals surface area contributed by atoms with Gasteiger partial charge in [-0.05, 0) is 78.0 Å². The van der Waals surface area contributed by atoms with E-state index in [2.05, 4.69) is 15.9 Å². The molecule has 0 atom stereocenters. The minimum atomic E-state index is -0.930. The molecular formula is C18H16BrNO3S. The van der Waals surface area contributed by atoms with Crippen molar-refractivity contribution in [3.8, 4) is 11.4 Å². The zero-order valence-corrected chi connectivity index (χ0v) is 15.3. The summed E-state index contributed by atoms with van der Waals surface area (Å²) in [5.41, 5.74) is 1.99. The SMILES string of the molecule is O=C(O)c1cc2sc(Br)cc2n1-c1ccc(OC2CCCC2)cc1. The van der Waals surface area contributed by atoms with Crippen LogP contribution in [-0.4, -0.2) is 21.7 Å². The van der Waals surface area contributed by atoms with Gasteiger partial charge in [-0.3, -0.25) is 0 Å². The van der Waals surface area contributed by atoms with E-state index < -0.39 is 5.97 Å². The summed E-state index contributed by atoms with van der Waals surface area (Å²) in [7, 11) is 0. The van der Waals surface area contributed by atoms with Gasteiger partial charge in [0, 0.05) is 5.69 Å². The van der Waals surface area contributed by atoms with E-state index in [1.54, 1.807) is 10.6 Å². The average molecular weight is 406 g/mol. The minimum absolute atomic E-state index is 0.271. The first-order valence-corrected chi connectivity index (χ1v) is 9.54. The average Bonchev–Trinajstić information content (AvgIpc) is 3.24. The van der Waals surface area contributed by atoms with Gasteiger partial charge in [-0.15, -0.1) is 11.3 Å². The van der Waals surface area contributed by atoms with E-state index in [1.165, 1.54) is 24.2 Å². The van der Waals surface area contributed by atoms with Crippen LogP contribution in [0.4, 0.5) is 0 Å². The van der Waals surface area contributed by atoms with Crippen molar-refractivity contribution in [2.75, 3.05) is 0 Å². The van der Waals surface area contributed by atoms with Crippen LogP contribution in [0.3, 0.4) is 0 Å². The summed E-state index contributed by atoms with van der Waals surface area (Å²) < 4.78 is 9.70. The molecule has 0 bridgehead atoms. The van der Waals surface area contributed by atoms with Gasteiger partial charge in [0.1, 0.15) is 11.4 Å². The summed E-state index contributed by atoms with van der Waals surface area (Å²) in [5, 5.41) is 9.51. The summed E-state index contributed by atoms with van der Waals surface area (Å²) in [6.45, 7) is 0. The second kappa shape index (κ2) is 6.26. The molecule has 0 unspecified atom stereocenters. The Kier molecular flexibility index (Phi) is 4.10. The lowest BCUT2D eigenvalue weighted by molar-refractivity contribution is 0.0688. The van der Waals surface area contributed by atoms with Crippen molar-refractivity contribution in [2.24, 2.45) is 0 Å². The third-order valence-corrected chi connectivity index (χ3v) is 5.95. The molecule has 6 heteroatoms. The number of halogens is 1. The van der Waals surface area contributed by atoms with E-state index in [0.717, 1.165) is 38.3 Å². The zero-order chi connectivity index (χ0) is 16.7. The number of hydrogen-bond donors (Lipinski definition) is 1. The van der Waals surface area contributed by atoms with Crippen molar-refractivity contribution in [3.63, 3.8) is 0 Å². The first-order valence-electron chi connectivity index (χ1n) is 7.93. The Bertz CT molecular complexity index is 891. The molecule has 124 valence electrons. The Labute approximate surface area is 151 Å². The van der Waals surface area contributed by atoms with Gasteiger partial charge in [0.05, 0.1) is 20.1 Å². The van der Waals surface area contributed by atoms with Gasteiger partial charge in [-0.1, -0.05) is 0 Å². The number of carboxylic acids is 1. The predicted octanol–water partition coefficient (Wildman–Crippen LogP) is 5.47. The molecule has 0 radical (unpaired) electrons. The number of carbonyl (C=O) groups is 1. The molecule has 4 nitrogen and oxygen atoms in total. The van der Waals surface area contributed by atoms with E-state index in [9.17, 15) is 9.90 Å². The Morgan fingerprint density at radius 1 is 1.21 bits per heavy atom. The highest BCUT2D eigenvalue weighted by Crippen LogP contribution is 2.35. The summed E-state index contributed by atoms with van der Waals surface area (Å²) in [5.74, 6) is -0.0850. The van der Waals surface area contributed by atoms with Gasteiger partial charge in [-0.25, -0.2) is 4.79 Å². The molecule has 2 aromatic heterocycles. The first-order chi connectivity index (χ1) is 11.6. The number of hydrogen-bond acceptors (Lipinski definition) is 3. The van der Waals surface area contributed by atoms with Crippen LogP contribution >= 0.6 is 27.3 Å². The van der Waals surface area contributed by atoms with Crippen LogP contribution in [0.1, 0.15) is 36.2 Å². The fourth-order valence-electron chi connectivity index (χ4n) is 3.27. The third-order valence-electron chi connectivity index (χ3n) is 4.38. The molecule has 0 aliphatic heterocycles. The monoisotopic (exact) mass is 405 g/mol. The van der Waals surface area contributed by atoms with Crippen LogP contribution < -0.4 is 4.74 Å². The standard InChI is InChI=1S/C18H16BrNO3S/c19-17-10-14-16(24-17)9-15(18(21)22)20(14)11-5-7-13(8-6-11)23-12-3-1-2-4-12/h5-10,12H,1-4H2,(H,21,22). The minimum Gasteiger partial charge on any atom is -0.490 e. The van der Waals surface area contributed by atoms with Crippen LogP contribution in [0.15, 0.2) is 40.2 Å². The predicted molar refractivity (Wildman–Crippen MR) is 98.7 cm³/mol. The second-order valence-electron chi connectivity index (χ2n) is 5.99. The number of rotatable bonds is 4. The van der Waals surface area contributed by atoms with Gasteiger partial charge in [0.2, 0.25) is 0 Å².